The molecule has 0 nitrogen and oxygen atoms in total. The number of hydrogen-bond donors (Lipinski definition) is 0. The Bertz CT molecular complexity index is 684. The highest BCUT2D eigenvalue weighted by Crippen LogP contribution is 2.37. The predicted molar refractivity (Wildman–Crippen MR) is 115 cm³/mol. The summed E-state index contributed by atoms with van der Waals surface area (Å²) < 4.78 is 0. The van der Waals surface area contributed by atoms with Gasteiger partial charge < -0.3 is 0 Å². The Kier molecular flexibility index (Phi) is 5.92. The van der Waals surface area contributed by atoms with Crippen molar-refractivity contribution in [2.24, 2.45) is 0 Å². The van der Waals surface area contributed by atoms with E-state index in [1.165, 1.54) is 11.1 Å². The van der Waals surface area contributed by atoms with Crippen molar-refractivity contribution >= 4 is 67.1 Å². The third kappa shape index (κ3) is 3.47. The van der Waals surface area contributed by atoms with Gasteiger partial charge in [0.25, 0.3) is 0 Å². The van der Waals surface area contributed by atoms with E-state index in [1.807, 2.05) is 27.7 Å². The van der Waals surface area contributed by atoms with E-state index in [1.54, 1.807) is 0 Å². The van der Waals surface area contributed by atoms with E-state index < -0.39 is 12.4 Å². The first-order valence-corrected chi connectivity index (χ1v) is 16.9. The molecule has 0 atom stereocenters. The molecule has 0 radical (unpaired) electrons. The molecule has 2 rings (SSSR count). The lowest BCUT2D eigenvalue weighted by Crippen LogP contribution is -2.65. The molecular formula is C18H22Cl4Si2. The molecular weight excluding hydrogens is 414 g/mol. The van der Waals surface area contributed by atoms with Crippen LogP contribution < -0.4 is 10.4 Å². The van der Waals surface area contributed by atoms with Crippen LogP contribution in [-0.2, 0) is 0 Å². The maximum Gasteiger partial charge on any atom is 0.307 e. The molecule has 0 spiro atoms. The molecule has 0 N–H and O–H groups in total. The Morgan fingerprint density at radius 2 is 0.708 bits per heavy atom. The number of aryl methyl sites for hydroxylation is 6. The lowest BCUT2D eigenvalue weighted by Gasteiger charge is -2.33. The third-order valence-electron chi connectivity index (χ3n) is 4.38. The molecule has 0 aliphatic heterocycles. The van der Waals surface area contributed by atoms with E-state index in [0.29, 0.717) is 0 Å². The van der Waals surface area contributed by atoms with Crippen LogP contribution in [0.1, 0.15) is 33.4 Å². The fourth-order valence-electron chi connectivity index (χ4n) is 3.66. The van der Waals surface area contributed by atoms with Crippen LogP contribution in [0, 0.1) is 41.5 Å². The van der Waals surface area contributed by atoms with Crippen molar-refractivity contribution in [2.75, 3.05) is 0 Å². The van der Waals surface area contributed by atoms with E-state index in [2.05, 4.69) is 38.1 Å². The Morgan fingerprint density at radius 3 is 0.917 bits per heavy atom. The van der Waals surface area contributed by atoms with E-state index in [9.17, 15) is 0 Å². The number of rotatable bonds is 3. The predicted octanol–water partition coefficient (Wildman–Crippen LogP) is 5.57. The summed E-state index contributed by atoms with van der Waals surface area (Å²) in [5.74, 6) is 0. The summed E-state index contributed by atoms with van der Waals surface area (Å²) in [5.41, 5.74) is 6.67. The highest BCUT2D eigenvalue weighted by atomic mass is 35.8. The van der Waals surface area contributed by atoms with Crippen LogP contribution in [0.25, 0.3) is 0 Å². The van der Waals surface area contributed by atoms with Crippen molar-refractivity contribution in [2.45, 2.75) is 41.5 Å². The van der Waals surface area contributed by atoms with Gasteiger partial charge in [-0.1, -0.05) is 35.4 Å². The number of halogens is 4. The molecule has 2 aromatic rings. The zero-order valence-electron chi connectivity index (χ0n) is 14.8. The SMILES string of the molecule is Cc1cc(C)c([Si](Cl)(Cl)[Si](Cl)(Cl)c2c(C)cc(C)cc2C)c(C)c1. The van der Waals surface area contributed by atoms with Crippen molar-refractivity contribution in [3.05, 3.63) is 57.6 Å². The van der Waals surface area contributed by atoms with Gasteiger partial charge in [0.1, 0.15) is 0 Å². The van der Waals surface area contributed by atoms with E-state index in [-0.39, 0.29) is 0 Å². The topological polar surface area (TPSA) is 0 Å². The van der Waals surface area contributed by atoms with Gasteiger partial charge >= 0.3 is 12.4 Å². The van der Waals surface area contributed by atoms with Crippen LogP contribution in [0.15, 0.2) is 24.3 Å². The minimum atomic E-state index is -3.13. The van der Waals surface area contributed by atoms with Gasteiger partial charge in [-0.25, -0.2) is 0 Å². The van der Waals surface area contributed by atoms with Gasteiger partial charge in [-0.05, 0) is 74.2 Å². The van der Waals surface area contributed by atoms with Gasteiger partial charge in [0.2, 0.25) is 0 Å². The van der Waals surface area contributed by atoms with Gasteiger partial charge in [-0.15, -0.1) is 44.3 Å². The Labute approximate surface area is 165 Å². The van der Waals surface area contributed by atoms with Crippen LogP contribution >= 0.6 is 44.3 Å². The maximum absolute atomic E-state index is 7.04. The zero-order chi connectivity index (χ0) is 18.4. The highest BCUT2D eigenvalue weighted by molar-refractivity contribution is 7.98. The van der Waals surface area contributed by atoms with Crippen molar-refractivity contribution in [3.8, 4) is 0 Å². The van der Waals surface area contributed by atoms with Crippen molar-refractivity contribution in [1.82, 2.24) is 0 Å². The fraction of sp³-hybridized carbons (Fsp3) is 0.333. The average molecular weight is 436 g/mol. The lowest BCUT2D eigenvalue weighted by molar-refractivity contribution is 1.35. The first kappa shape index (κ1) is 20.3. The third-order valence-corrected chi connectivity index (χ3v) is 27.8. The quantitative estimate of drug-likeness (QED) is 0.436. The Morgan fingerprint density at radius 1 is 0.500 bits per heavy atom. The molecule has 0 saturated heterocycles. The van der Waals surface area contributed by atoms with Crippen LogP contribution in [0.4, 0.5) is 0 Å². The summed E-state index contributed by atoms with van der Waals surface area (Å²) in [5, 5.41) is 1.93. The standard InChI is InChI=1S/C18H22Cl4Si2/c1-11-7-13(3)17(14(4)8-11)23(19,20)24(21,22)18-15(5)9-12(2)10-16(18)6/h7-10H,1-6H3. The summed E-state index contributed by atoms with van der Waals surface area (Å²) >= 11 is 28.1. The van der Waals surface area contributed by atoms with Crippen molar-refractivity contribution in [3.63, 3.8) is 0 Å². The molecule has 130 valence electrons. The molecule has 0 saturated carbocycles. The second-order valence-corrected chi connectivity index (χ2v) is 26.3. The largest absolute Gasteiger partial charge is 0.307 e. The second-order valence-electron chi connectivity index (χ2n) is 6.70. The molecule has 0 aliphatic rings. The maximum atomic E-state index is 7.04. The van der Waals surface area contributed by atoms with Crippen LogP contribution in [0.2, 0.25) is 0 Å². The van der Waals surface area contributed by atoms with Crippen LogP contribution in [-0.4, -0.2) is 12.4 Å². The average Bonchev–Trinajstić information content (AvgIpc) is 2.34. The van der Waals surface area contributed by atoms with Crippen molar-refractivity contribution < 1.29 is 0 Å². The van der Waals surface area contributed by atoms with Gasteiger partial charge in [-0.2, -0.15) is 0 Å². The van der Waals surface area contributed by atoms with Gasteiger partial charge in [0, 0.05) is 0 Å². The summed E-state index contributed by atoms with van der Waals surface area (Å²) in [6.45, 7) is 12.3. The molecule has 24 heavy (non-hydrogen) atoms. The summed E-state index contributed by atoms with van der Waals surface area (Å²) in [6, 6.07) is 8.40. The normalized spacial score (nSPS) is 12.6. The molecule has 6 heteroatoms. The first-order chi connectivity index (χ1) is 10.9. The van der Waals surface area contributed by atoms with Gasteiger partial charge in [0.05, 0.1) is 0 Å². The van der Waals surface area contributed by atoms with E-state index >= 15 is 0 Å². The Hall–Kier alpha value is 0.0338. The fourth-order valence-corrected chi connectivity index (χ4v) is 17.8. The molecule has 0 unspecified atom stereocenters. The monoisotopic (exact) mass is 434 g/mol. The van der Waals surface area contributed by atoms with Crippen LogP contribution in [0.5, 0.6) is 0 Å². The Balaban J connectivity index is 2.73. The minimum absolute atomic E-state index is 0.965. The number of benzene rings is 2. The molecule has 0 fully saturated rings. The zero-order valence-corrected chi connectivity index (χ0v) is 19.8. The van der Waals surface area contributed by atoms with Crippen molar-refractivity contribution in [1.29, 1.82) is 0 Å². The van der Waals surface area contributed by atoms with Gasteiger partial charge in [0.15, 0.2) is 0 Å². The first-order valence-electron chi connectivity index (χ1n) is 7.82. The highest BCUT2D eigenvalue weighted by Gasteiger charge is 2.58. The molecule has 0 bridgehead atoms. The molecule has 0 heterocycles. The molecule has 0 amide bonds. The molecule has 2 aromatic carbocycles. The molecule has 0 aliphatic carbocycles. The van der Waals surface area contributed by atoms with Crippen LogP contribution in [0.3, 0.4) is 0 Å². The van der Waals surface area contributed by atoms with E-state index in [4.69, 9.17) is 44.3 Å². The van der Waals surface area contributed by atoms with E-state index in [0.717, 1.165) is 32.6 Å². The second kappa shape index (κ2) is 6.98. The van der Waals surface area contributed by atoms with Gasteiger partial charge in [-0.3, -0.25) is 0 Å². The summed E-state index contributed by atoms with van der Waals surface area (Å²) in [7, 11) is 0. The summed E-state index contributed by atoms with van der Waals surface area (Å²) in [4.78, 5) is 0. The number of hydrogen-bond acceptors (Lipinski definition) is 0. The smallest absolute Gasteiger partial charge is 0.140 e. The lowest BCUT2D eigenvalue weighted by atomic mass is 10.1. The summed E-state index contributed by atoms with van der Waals surface area (Å²) in [6.07, 6.45) is -6.25. The molecule has 0 aromatic heterocycles. The minimum Gasteiger partial charge on any atom is -0.140 e.